The van der Waals surface area contributed by atoms with Gasteiger partial charge in [-0.05, 0) is 13.8 Å². The minimum Gasteiger partial charge on any atom is -0.390 e. The molecule has 0 bridgehead atoms. The first kappa shape index (κ1) is 9.40. The second kappa shape index (κ2) is 2.92. The minimum absolute atomic E-state index is 0.0617. The van der Waals surface area contributed by atoms with Crippen molar-refractivity contribution in [3.05, 3.63) is 0 Å². The van der Waals surface area contributed by atoms with Gasteiger partial charge in [0.15, 0.2) is 5.79 Å². The molecule has 4 nitrogen and oxygen atoms in total. The van der Waals surface area contributed by atoms with E-state index in [0.717, 1.165) is 0 Å². The number of hydrogen-bond donors (Lipinski definition) is 2. The lowest BCUT2D eigenvalue weighted by Crippen LogP contribution is -2.43. The molecule has 0 aromatic heterocycles. The molecule has 0 amide bonds. The lowest BCUT2D eigenvalue weighted by atomic mass is 9.90. The maximum Gasteiger partial charge on any atom is 0.163 e. The molecule has 1 aliphatic heterocycles. The Hall–Kier alpha value is -0.160. The normalized spacial score (nSPS) is 48.9. The van der Waals surface area contributed by atoms with E-state index in [2.05, 4.69) is 0 Å². The summed E-state index contributed by atoms with van der Waals surface area (Å²) in [6.07, 6.45) is -0.524. The Labute approximate surface area is 77.5 Å². The molecule has 1 aliphatic carbocycles. The summed E-state index contributed by atoms with van der Waals surface area (Å²) in [4.78, 5) is 0. The molecule has 1 saturated heterocycles. The van der Waals surface area contributed by atoms with Gasteiger partial charge in [0, 0.05) is 12.8 Å². The first-order chi connectivity index (χ1) is 5.98. The monoisotopic (exact) mass is 188 g/mol. The van der Waals surface area contributed by atoms with E-state index in [-0.39, 0.29) is 12.2 Å². The Balaban J connectivity index is 2.05. The molecule has 2 aliphatic rings. The zero-order valence-electron chi connectivity index (χ0n) is 7.93. The third-order valence-corrected chi connectivity index (χ3v) is 2.68. The van der Waals surface area contributed by atoms with E-state index in [1.165, 1.54) is 0 Å². The highest BCUT2D eigenvalue weighted by Gasteiger charge is 2.46. The summed E-state index contributed by atoms with van der Waals surface area (Å²) in [6.45, 7) is 3.70. The minimum atomic E-state index is -0.668. The van der Waals surface area contributed by atoms with Gasteiger partial charge in [-0.25, -0.2) is 0 Å². The molecule has 76 valence electrons. The molecule has 1 saturated carbocycles. The summed E-state index contributed by atoms with van der Waals surface area (Å²) in [5, 5.41) is 18.8. The van der Waals surface area contributed by atoms with Crippen LogP contribution in [0.15, 0.2) is 0 Å². The van der Waals surface area contributed by atoms with Crippen molar-refractivity contribution in [3.63, 3.8) is 0 Å². The van der Waals surface area contributed by atoms with Gasteiger partial charge in [0.05, 0.1) is 24.4 Å². The fourth-order valence-corrected chi connectivity index (χ4v) is 2.10. The van der Waals surface area contributed by atoms with Crippen LogP contribution in [-0.2, 0) is 9.47 Å². The summed E-state index contributed by atoms with van der Waals surface area (Å²) in [6, 6.07) is 0. The highest BCUT2D eigenvalue weighted by Crippen LogP contribution is 2.36. The zero-order valence-corrected chi connectivity index (χ0v) is 7.93. The lowest BCUT2D eigenvalue weighted by Gasteiger charge is -2.30. The Morgan fingerprint density at radius 2 is 1.38 bits per heavy atom. The average molecular weight is 188 g/mol. The molecule has 4 atom stereocenters. The molecule has 0 spiro atoms. The summed E-state index contributed by atoms with van der Waals surface area (Å²) < 4.78 is 11.2. The number of aliphatic hydroxyl groups is 2. The Morgan fingerprint density at radius 3 is 1.77 bits per heavy atom. The van der Waals surface area contributed by atoms with Crippen LogP contribution in [0, 0.1) is 0 Å². The number of aliphatic hydroxyl groups excluding tert-OH is 2. The van der Waals surface area contributed by atoms with Crippen LogP contribution in [0.2, 0.25) is 0 Å². The van der Waals surface area contributed by atoms with Crippen molar-refractivity contribution in [1.29, 1.82) is 0 Å². The summed E-state index contributed by atoms with van der Waals surface area (Å²) in [7, 11) is 0. The van der Waals surface area contributed by atoms with E-state index in [1.54, 1.807) is 0 Å². The molecule has 0 radical (unpaired) electrons. The van der Waals surface area contributed by atoms with Gasteiger partial charge in [0.25, 0.3) is 0 Å². The molecule has 0 aromatic rings. The van der Waals surface area contributed by atoms with E-state index in [0.29, 0.717) is 12.8 Å². The molecule has 0 unspecified atom stereocenters. The van der Waals surface area contributed by atoms with Crippen LogP contribution in [0.25, 0.3) is 0 Å². The molecular formula is C9H16O4. The smallest absolute Gasteiger partial charge is 0.163 e. The molecule has 4 heteroatoms. The fourth-order valence-electron chi connectivity index (χ4n) is 2.10. The maximum absolute atomic E-state index is 9.41. The van der Waals surface area contributed by atoms with Gasteiger partial charge in [-0.3, -0.25) is 0 Å². The largest absolute Gasteiger partial charge is 0.390 e. The van der Waals surface area contributed by atoms with Crippen LogP contribution >= 0.6 is 0 Å². The molecular weight excluding hydrogens is 172 g/mol. The van der Waals surface area contributed by atoms with Crippen LogP contribution in [0.1, 0.15) is 26.7 Å². The van der Waals surface area contributed by atoms with Gasteiger partial charge in [-0.15, -0.1) is 0 Å². The van der Waals surface area contributed by atoms with Crippen molar-refractivity contribution in [2.45, 2.75) is 56.9 Å². The summed E-state index contributed by atoms with van der Waals surface area (Å²) in [5.41, 5.74) is 0. The fraction of sp³-hybridized carbons (Fsp3) is 1.00. The van der Waals surface area contributed by atoms with Gasteiger partial charge in [0.2, 0.25) is 0 Å². The van der Waals surface area contributed by atoms with Gasteiger partial charge in [-0.2, -0.15) is 0 Å². The van der Waals surface area contributed by atoms with E-state index in [1.807, 2.05) is 13.8 Å². The van der Waals surface area contributed by atoms with E-state index in [9.17, 15) is 10.2 Å². The molecule has 1 heterocycles. The van der Waals surface area contributed by atoms with Gasteiger partial charge in [0.1, 0.15) is 0 Å². The summed E-state index contributed by atoms with van der Waals surface area (Å²) in [5.74, 6) is -0.570. The van der Waals surface area contributed by atoms with Crippen LogP contribution in [-0.4, -0.2) is 40.4 Å². The van der Waals surface area contributed by atoms with E-state index < -0.39 is 18.0 Å². The van der Waals surface area contributed by atoms with Crippen LogP contribution < -0.4 is 0 Å². The lowest BCUT2D eigenvalue weighted by molar-refractivity contribution is -0.146. The van der Waals surface area contributed by atoms with Crippen molar-refractivity contribution < 1.29 is 19.7 Å². The van der Waals surface area contributed by atoms with E-state index in [4.69, 9.17) is 9.47 Å². The van der Waals surface area contributed by atoms with Crippen molar-refractivity contribution in [1.82, 2.24) is 0 Å². The second-order valence-corrected chi connectivity index (χ2v) is 4.32. The highest BCUT2D eigenvalue weighted by atomic mass is 16.8. The van der Waals surface area contributed by atoms with Crippen LogP contribution in [0.3, 0.4) is 0 Å². The number of rotatable bonds is 0. The van der Waals surface area contributed by atoms with Crippen LogP contribution in [0.5, 0.6) is 0 Å². The maximum atomic E-state index is 9.41. The molecule has 2 rings (SSSR count). The highest BCUT2D eigenvalue weighted by molar-refractivity contribution is 4.92. The number of hydrogen-bond acceptors (Lipinski definition) is 4. The van der Waals surface area contributed by atoms with Crippen molar-refractivity contribution in [2.75, 3.05) is 0 Å². The molecule has 2 N–H and O–H groups in total. The number of ether oxygens (including phenoxy) is 2. The van der Waals surface area contributed by atoms with Crippen molar-refractivity contribution >= 4 is 0 Å². The standard InChI is InChI=1S/C9H16O4/c1-9(2)12-7-3-5(10)6(11)4-8(7)13-9/h5-8,10-11H,3-4H2,1-2H3/t5-,6-,7-,8-/m0/s1. The predicted molar refractivity (Wildman–Crippen MR) is 45.1 cm³/mol. The molecule has 0 aromatic carbocycles. The first-order valence-corrected chi connectivity index (χ1v) is 4.70. The van der Waals surface area contributed by atoms with Crippen molar-refractivity contribution in [2.24, 2.45) is 0 Å². The molecule has 13 heavy (non-hydrogen) atoms. The Morgan fingerprint density at radius 1 is 1.00 bits per heavy atom. The van der Waals surface area contributed by atoms with Crippen LogP contribution in [0.4, 0.5) is 0 Å². The molecule has 2 fully saturated rings. The Kier molecular flexibility index (Phi) is 2.11. The van der Waals surface area contributed by atoms with Gasteiger partial charge in [-0.1, -0.05) is 0 Å². The summed E-state index contributed by atoms with van der Waals surface area (Å²) >= 11 is 0. The van der Waals surface area contributed by atoms with Crippen molar-refractivity contribution in [3.8, 4) is 0 Å². The average Bonchev–Trinajstić information content (AvgIpc) is 2.24. The topological polar surface area (TPSA) is 58.9 Å². The number of fused-ring (bicyclic) bond motifs is 1. The first-order valence-electron chi connectivity index (χ1n) is 4.70. The predicted octanol–water partition coefficient (Wildman–Crippen LogP) is 0.0221. The van der Waals surface area contributed by atoms with Gasteiger partial charge < -0.3 is 19.7 Å². The quantitative estimate of drug-likeness (QED) is 0.562. The van der Waals surface area contributed by atoms with E-state index >= 15 is 0 Å². The van der Waals surface area contributed by atoms with Gasteiger partial charge >= 0.3 is 0 Å². The SMILES string of the molecule is CC1(C)O[C@H]2C[C@H](O)[C@@H](O)C[C@@H]2O1. The Bertz CT molecular complexity index is 184. The third kappa shape index (κ3) is 1.72. The zero-order chi connectivity index (χ0) is 9.64. The third-order valence-electron chi connectivity index (χ3n) is 2.68. The second-order valence-electron chi connectivity index (χ2n) is 4.32.